The van der Waals surface area contributed by atoms with E-state index in [0.717, 1.165) is 5.69 Å². The quantitative estimate of drug-likeness (QED) is 0.917. The first-order chi connectivity index (χ1) is 9.11. The number of anilines is 1. The average Bonchev–Trinajstić information content (AvgIpc) is 2.71. The van der Waals surface area contributed by atoms with Gasteiger partial charge in [0.25, 0.3) is 5.91 Å². The Bertz CT molecular complexity index is 590. The predicted molar refractivity (Wildman–Crippen MR) is 73.5 cm³/mol. The summed E-state index contributed by atoms with van der Waals surface area (Å²) in [5.74, 6) is 0.465. The van der Waals surface area contributed by atoms with Crippen LogP contribution in [0.25, 0.3) is 0 Å². The number of carbonyl (C=O) groups is 1. The van der Waals surface area contributed by atoms with Crippen LogP contribution in [-0.4, -0.2) is 22.3 Å². The van der Waals surface area contributed by atoms with Crippen LogP contribution in [0.1, 0.15) is 23.1 Å². The van der Waals surface area contributed by atoms with Crippen molar-refractivity contribution in [2.45, 2.75) is 13.8 Å². The summed E-state index contributed by atoms with van der Waals surface area (Å²) < 4.78 is 7.04. The molecule has 0 aliphatic heterocycles. The molecule has 0 spiro atoms. The highest BCUT2D eigenvalue weighted by Gasteiger charge is 2.13. The molecule has 2 aromatic rings. The Hall–Kier alpha value is -2.30. The maximum absolute atomic E-state index is 12.2. The molecule has 0 radical (unpaired) electrons. The van der Waals surface area contributed by atoms with E-state index in [0.29, 0.717) is 23.7 Å². The fraction of sp³-hybridized carbons (Fsp3) is 0.286. The number of carbonyl (C=O) groups excluding carboxylic acids is 1. The van der Waals surface area contributed by atoms with Crippen molar-refractivity contribution in [2.75, 3.05) is 11.9 Å². The maximum atomic E-state index is 12.2. The van der Waals surface area contributed by atoms with Crippen molar-refractivity contribution < 1.29 is 9.53 Å². The fourth-order valence-corrected chi connectivity index (χ4v) is 1.86. The number of aryl methyl sites for hydroxylation is 2. The van der Waals surface area contributed by atoms with Gasteiger partial charge in [-0.1, -0.05) is 12.1 Å². The van der Waals surface area contributed by atoms with Crippen molar-refractivity contribution in [3.8, 4) is 5.75 Å². The molecule has 1 aromatic carbocycles. The number of aromatic nitrogens is 2. The minimum absolute atomic E-state index is 0.199. The van der Waals surface area contributed by atoms with Crippen molar-refractivity contribution in [3.05, 3.63) is 41.7 Å². The Labute approximate surface area is 112 Å². The zero-order valence-electron chi connectivity index (χ0n) is 11.3. The highest BCUT2D eigenvalue weighted by molar-refractivity contribution is 6.03. The van der Waals surface area contributed by atoms with E-state index in [2.05, 4.69) is 10.4 Å². The number of nitrogens with zero attached hydrogens (tertiary/aromatic N) is 2. The van der Waals surface area contributed by atoms with Gasteiger partial charge in [-0.05, 0) is 32.0 Å². The van der Waals surface area contributed by atoms with E-state index in [1.165, 1.54) is 0 Å². The molecule has 0 aliphatic rings. The van der Waals surface area contributed by atoms with Crippen molar-refractivity contribution in [2.24, 2.45) is 7.05 Å². The summed E-state index contributed by atoms with van der Waals surface area (Å²) in [6.45, 7) is 4.31. The molecule has 1 amide bonds. The summed E-state index contributed by atoms with van der Waals surface area (Å²) in [6.07, 6.45) is 0. The van der Waals surface area contributed by atoms with Gasteiger partial charge >= 0.3 is 0 Å². The maximum Gasteiger partial charge on any atom is 0.274 e. The zero-order valence-corrected chi connectivity index (χ0v) is 11.3. The number of hydrogen-bond acceptors (Lipinski definition) is 3. The van der Waals surface area contributed by atoms with Crippen molar-refractivity contribution >= 4 is 11.6 Å². The van der Waals surface area contributed by atoms with Gasteiger partial charge in [-0.2, -0.15) is 5.10 Å². The molecule has 0 atom stereocenters. The van der Waals surface area contributed by atoms with Crippen molar-refractivity contribution in [3.63, 3.8) is 0 Å². The predicted octanol–water partition coefficient (Wildman–Crippen LogP) is 2.38. The van der Waals surface area contributed by atoms with Gasteiger partial charge in [-0.3, -0.25) is 9.48 Å². The first kappa shape index (κ1) is 13.1. The monoisotopic (exact) mass is 259 g/mol. The van der Waals surface area contributed by atoms with Crippen LogP contribution in [0.15, 0.2) is 30.3 Å². The third kappa shape index (κ3) is 2.93. The van der Waals surface area contributed by atoms with Gasteiger partial charge in [-0.25, -0.2) is 0 Å². The molecule has 0 aliphatic carbocycles. The molecular weight excluding hydrogens is 242 g/mol. The van der Waals surface area contributed by atoms with E-state index in [-0.39, 0.29) is 5.91 Å². The van der Waals surface area contributed by atoms with Crippen LogP contribution < -0.4 is 10.1 Å². The topological polar surface area (TPSA) is 56.1 Å². The molecule has 100 valence electrons. The molecule has 2 rings (SSSR count). The van der Waals surface area contributed by atoms with Gasteiger partial charge in [0.1, 0.15) is 11.4 Å². The van der Waals surface area contributed by atoms with Crippen LogP contribution in [0.4, 0.5) is 5.69 Å². The summed E-state index contributed by atoms with van der Waals surface area (Å²) in [5.41, 5.74) is 1.99. The lowest BCUT2D eigenvalue weighted by Crippen LogP contribution is -2.16. The molecule has 0 saturated carbocycles. The van der Waals surface area contributed by atoms with Gasteiger partial charge in [0.15, 0.2) is 0 Å². The van der Waals surface area contributed by atoms with Crippen LogP contribution in [-0.2, 0) is 7.05 Å². The molecule has 0 saturated heterocycles. The first-order valence-corrected chi connectivity index (χ1v) is 6.15. The molecule has 0 bridgehead atoms. The number of nitrogens with one attached hydrogen (secondary N) is 1. The summed E-state index contributed by atoms with van der Waals surface area (Å²) in [4.78, 5) is 12.2. The minimum atomic E-state index is -0.199. The lowest BCUT2D eigenvalue weighted by molar-refractivity contribution is 0.101. The van der Waals surface area contributed by atoms with E-state index >= 15 is 0 Å². The first-order valence-electron chi connectivity index (χ1n) is 6.15. The summed E-state index contributed by atoms with van der Waals surface area (Å²) in [5, 5.41) is 7.00. The third-order valence-electron chi connectivity index (χ3n) is 2.67. The molecular formula is C14H17N3O2. The molecule has 0 fully saturated rings. The highest BCUT2D eigenvalue weighted by atomic mass is 16.5. The second-order valence-electron chi connectivity index (χ2n) is 4.18. The third-order valence-corrected chi connectivity index (χ3v) is 2.67. The van der Waals surface area contributed by atoms with E-state index in [9.17, 15) is 4.79 Å². The molecule has 5 nitrogen and oxygen atoms in total. The number of ether oxygens (including phenoxy) is 1. The second-order valence-corrected chi connectivity index (χ2v) is 4.18. The van der Waals surface area contributed by atoms with Gasteiger partial charge in [0.2, 0.25) is 0 Å². The van der Waals surface area contributed by atoms with E-state index in [1.807, 2.05) is 38.1 Å². The summed E-state index contributed by atoms with van der Waals surface area (Å²) in [6, 6.07) is 9.11. The highest BCUT2D eigenvalue weighted by Crippen LogP contribution is 2.24. The Morgan fingerprint density at radius 1 is 1.42 bits per heavy atom. The molecule has 5 heteroatoms. The number of benzene rings is 1. The number of hydrogen-bond donors (Lipinski definition) is 1. The van der Waals surface area contributed by atoms with Gasteiger partial charge in [0.05, 0.1) is 18.0 Å². The molecule has 0 unspecified atom stereocenters. The summed E-state index contributed by atoms with van der Waals surface area (Å²) >= 11 is 0. The van der Waals surface area contributed by atoms with E-state index in [1.54, 1.807) is 17.8 Å². The van der Waals surface area contributed by atoms with E-state index < -0.39 is 0 Å². The second kappa shape index (κ2) is 5.56. The summed E-state index contributed by atoms with van der Waals surface area (Å²) in [7, 11) is 1.75. The average molecular weight is 259 g/mol. The lowest BCUT2D eigenvalue weighted by atomic mass is 10.2. The Morgan fingerprint density at radius 2 is 2.16 bits per heavy atom. The molecule has 1 N–H and O–H groups in total. The minimum Gasteiger partial charge on any atom is -0.492 e. The molecule has 19 heavy (non-hydrogen) atoms. The van der Waals surface area contributed by atoms with Crippen LogP contribution in [0.3, 0.4) is 0 Å². The van der Waals surface area contributed by atoms with Gasteiger partial charge in [-0.15, -0.1) is 0 Å². The van der Waals surface area contributed by atoms with Crippen LogP contribution in [0.2, 0.25) is 0 Å². The Kier molecular flexibility index (Phi) is 3.85. The normalized spacial score (nSPS) is 10.3. The van der Waals surface area contributed by atoms with Crippen molar-refractivity contribution in [1.29, 1.82) is 0 Å². The van der Waals surface area contributed by atoms with E-state index in [4.69, 9.17) is 4.74 Å². The molecule has 1 heterocycles. The number of rotatable bonds is 4. The van der Waals surface area contributed by atoms with Crippen LogP contribution in [0.5, 0.6) is 5.75 Å². The fourth-order valence-electron chi connectivity index (χ4n) is 1.86. The Morgan fingerprint density at radius 3 is 2.79 bits per heavy atom. The number of para-hydroxylation sites is 2. The smallest absolute Gasteiger partial charge is 0.274 e. The zero-order chi connectivity index (χ0) is 13.8. The van der Waals surface area contributed by atoms with Gasteiger partial charge in [0, 0.05) is 7.05 Å². The standard InChI is InChI=1S/C14H17N3O2/c1-4-19-13-8-6-5-7-11(13)15-14(18)12-9-10(2)16-17(12)3/h5-9H,4H2,1-3H3,(H,15,18). The van der Waals surface area contributed by atoms with Crippen molar-refractivity contribution in [1.82, 2.24) is 9.78 Å². The lowest BCUT2D eigenvalue weighted by Gasteiger charge is -2.11. The van der Waals surface area contributed by atoms with Crippen LogP contribution in [0, 0.1) is 6.92 Å². The van der Waals surface area contributed by atoms with Gasteiger partial charge < -0.3 is 10.1 Å². The number of amides is 1. The van der Waals surface area contributed by atoms with Crippen LogP contribution >= 0.6 is 0 Å². The largest absolute Gasteiger partial charge is 0.492 e. The molecule has 1 aromatic heterocycles. The SMILES string of the molecule is CCOc1ccccc1NC(=O)c1cc(C)nn1C. The Balaban J connectivity index is 2.21.